The minimum atomic E-state index is 0.776. The van der Waals surface area contributed by atoms with Crippen LogP contribution in [0.25, 0.3) is 16.7 Å². The molecule has 0 radical (unpaired) electrons. The zero-order valence-corrected chi connectivity index (χ0v) is 20.1. The Kier molecular flexibility index (Phi) is 6.82. The van der Waals surface area contributed by atoms with E-state index in [2.05, 4.69) is 45.7 Å². The number of pyridine rings is 1. The van der Waals surface area contributed by atoms with Gasteiger partial charge in [-0.1, -0.05) is 18.0 Å². The monoisotopic (exact) mass is 450 g/mol. The number of halogens is 1. The molecule has 0 aliphatic carbocycles. The number of hydrogen-bond acceptors (Lipinski definition) is 3. The molecule has 0 atom stereocenters. The lowest BCUT2D eigenvalue weighted by atomic mass is 10.1. The van der Waals surface area contributed by atoms with E-state index in [1.165, 1.54) is 91.8 Å². The van der Waals surface area contributed by atoms with Crippen molar-refractivity contribution in [3.8, 4) is 5.69 Å². The fourth-order valence-corrected chi connectivity index (χ4v) is 5.62. The van der Waals surface area contributed by atoms with E-state index in [1.807, 2.05) is 12.1 Å². The SMILES string of the molecule is Cc1c(CCN2CCCCC2)c2ncc(CCN3CCCC3)cc2n1-c1ccc(Cl)cc1. The third-order valence-corrected chi connectivity index (χ3v) is 7.60. The first kappa shape index (κ1) is 21.9. The molecule has 2 fully saturated rings. The molecule has 0 unspecified atom stereocenters. The van der Waals surface area contributed by atoms with Crippen LogP contribution in [-0.4, -0.2) is 58.6 Å². The lowest BCUT2D eigenvalue weighted by Gasteiger charge is -2.26. The smallest absolute Gasteiger partial charge is 0.0920 e. The molecule has 170 valence electrons. The Labute approximate surface area is 197 Å². The van der Waals surface area contributed by atoms with Crippen molar-refractivity contribution in [1.82, 2.24) is 19.4 Å². The maximum Gasteiger partial charge on any atom is 0.0920 e. The summed E-state index contributed by atoms with van der Waals surface area (Å²) in [5, 5.41) is 0.776. The molecule has 0 saturated carbocycles. The number of likely N-dealkylation sites (tertiary alicyclic amines) is 2. The van der Waals surface area contributed by atoms with E-state index in [-0.39, 0.29) is 0 Å². The summed E-state index contributed by atoms with van der Waals surface area (Å²) in [6.45, 7) is 9.49. The third kappa shape index (κ3) is 4.73. The Morgan fingerprint density at radius 3 is 2.16 bits per heavy atom. The predicted molar refractivity (Wildman–Crippen MR) is 134 cm³/mol. The van der Waals surface area contributed by atoms with E-state index in [0.29, 0.717) is 0 Å². The first-order chi connectivity index (χ1) is 15.7. The minimum Gasteiger partial charge on any atom is -0.312 e. The number of piperidine rings is 1. The van der Waals surface area contributed by atoms with Gasteiger partial charge in [0, 0.05) is 41.3 Å². The highest BCUT2D eigenvalue weighted by atomic mass is 35.5. The second-order valence-corrected chi connectivity index (χ2v) is 9.97. The van der Waals surface area contributed by atoms with Crippen molar-refractivity contribution >= 4 is 22.6 Å². The zero-order chi connectivity index (χ0) is 21.9. The van der Waals surface area contributed by atoms with Crippen LogP contribution < -0.4 is 0 Å². The van der Waals surface area contributed by atoms with Gasteiger partial charge >= 0.3 is 0 Å². The van der Waals surface area contributed by atoms with Gasteiger partial charge in [-0.15, -0.1) is 0 Å². The second kappa shape index (κ2) is 9.94. The summed E-state index contributed by atoms with van der Waals surface area (Å²) in [5.74, 6) is 0. The van der Waals surface area contributed by atoms with Crippen molar-refractivity contribution in [2.24, 2.45) is 0 Å². The molecule has 0 N–H and O–H groups in total. The van der Waals surface area contributed by atoms with Crippen molar-refractivity contribution in [2.75, 3.05) is 39.3 Å². The van der Waals surface area contributed by atoms with Crippen LogP contribution >= 0.6 is 11.6 Å². The Morgan fingerprint density at radius 2 is 1.47 bits per heavy atom. The molecular formula is C27H35ClN4. The summed E-state index contributed by atoms with van der Waals surface area (Å²) in [6, 6.07) is 10.6. The summed E-state index contributed by atoms with van der Waals surface area (Å²) in [4.78, 5) is 10.2. The second-order valence-electron chi connectivity index (χ2n) is 9.54. The molecule has 2 aliphatic heterocycles. The molecule has 5 heteroatoms. The fourth-order valence-electron chi connectivity index (χ4n) is 5.49. The quantitative estimate of drug-likeness (QED) is 0.464. The van der Waals surface area contributed by atoms with Crippen LogP contribution in [0.15, 0.2) is 36.5 Å². The molecule has 2 saturated heterocycles. The molecule has 0 spiro atoms. The van der Waals surface area contributed by atoms with Gasteiger partial charge in [0.05, 0.1) is 11.0 Å². The number of fused-ring (bicyclic) bond motifs is 1. The Balaban J connectivity index is 1.47. The van der Waals surface area contributed by atoms with E-state index in [1.54, 1.807) is 0 Å². The number of aromatic nitrogens is 2. The zero-order valence-electron chi connectivity index (χ0n) is 19.3. The van der Waals surface area contributed by atoms with Gasteiger partial charge in [-0.2, -0.15) is 0 Å². The standard InChI is InChI=1S/C27H35ClN4/c1-21-25(12-18-31-13-3-2-4-14-31)27-26(32(21)24-9-7-23(28)8-10-24)19-22(20-29-27)11-17-30-15-5-6-16-30/h7-10,19-20H,2-6,11-18H2,1H3. The first-order valence-corrected chi connectivity index (χ1v) is 12.8. The molecule has 0 bridgehead atoms. The van der Waals surface area contributed by atoms with Crippen LogP contribution in [-0.2, 0) is 12.8 Å². The average Bonchev–Trinajstić information content (AvgIpc) is 3.43. The van der Waals surface area contributed by atoms with Crippen molar-refractivity contribution in [1.29, 1.82) is 0 Å². The van der Waals surface area contributed by atoms with E-state index in [0.717, 1.165) is 31.0 Å². The van der Waals surface area contributed by atoms with Crippen LogP contribution in [0.5, 0.6) is 0 Å². The molecule has 1 aromatic carbocycles. The highest BCUT2D eigenvalue weighted by molar-refractivity contribution is 6.30. The molecule has 32 heavy (non-hydrogen) atoms. The van der Waals surface area contributed by atoms with Crippen LogP contribution in [0.4, 0.5) is 0 Å². The Bertz CT molecular complexity index is 1040. The van der Waals surface area contributed by atoms with Crippen molar-refractivity contribution in [2.45, 2.75) is 51.9 Å². The van der Waals surface area contributed by atoms with Gasteiger partial charge in [0.15, 0.2) is 0 Å². The molecule has 5 rings (SSSR count). The van der Waals surface area contributed by atoms with Gasteiger partial charge in [-0.25, -0.2) is 0 Å². The number of rotatable bonds is 7. The molecule has 4 heterocycles. The molecular weight excluding hydrogens is 416 g/mol. The Morgan fingerprint density at radius 1 is 0.844 bits per heavy atom. The normalized spacial score (nSPS) is 18.1. The molecule has 4 nitrogen and oxygen atoms in total. The van der Waals surface area contributed by atoms with Gasteiger partial charge in [-0.05, 0) is 108 Å². The number of nitrogens with zero attached hydrogens (tertiary/aromatic N) is 4. The topological polar surface area (TPSA) is 24.3 Å². The highest BCUT2D eigenvalue weighted by Gasteiger charge is 2.19. The van der Waals surface area contributed by atoms with Gasteiger partial charge in [0.1, 0.15) is 0 Å². The van der Waals surface area contributed by atoms with Crippen molar-refractivity contribution < 1.29 is 0 Å². The van der Waals surface area contributed by atoms with E-state index < -0.39 is 0 Å². The van der Waals surface area contributed by atoms with Gasteiger partial charge in [0.25, 0.3) is 0 Å². The van der Waals surface area contributed by atoms with E-state index in [9.17, 15) is 0 Å². The number of benzene rings is 1. The summed E-state index contributed by atoms with van der Waals surface area (Å²) in [5.41, 5.74) is 7.60. The highest BCUT2D eigenvalue weighted by Crippen LogP contribution is 2.30. The van der Waals surface area contributed by atoms with E-state index in [4.69, 9.17) is 16.6 Å². The molecule has 2 aromatic heterocycles. The largest absolute Gasteiger partial charge is 0.312 e. The summed E-state index contributed by atoms with van der Waals surface area (Å²) in [7, 11) is 0. The van der Waals surface area contributed by atoms with Crippen LogP contribution in [0.2, 0.25) is 5.02 Å². The lowest BCUT2D eigenvalue weighted by Crippen LogP contribution is -2.31. The molecule has 3 aromatic rings. The first-order valence-electron chi connectivity index (χ1n) is 12.4. The molecule has 2 aliphatic rings. The Hall–Kier alpha value is -1.88. The summed E-state index contributed by atoms with van der Waals surface area (Å²) in [6.07, 6.45) is 11.0. The van der Waals surface area contributed by atoms with Crippen LogP contribution in [0.3, 0.4) is 0 Å². The maximum atomic E-state index is 6.19. The predicted octanol–water partition coefficient (Wildman–Crippen LogP) is 5.65. The number of hydrogen-bond donors (Lipinski definition) is 0. The van der Waals surface area contributed by atoms with Gasteiger partial charge in [-0.3, -0.25) is 4.98 Å². The lowest BCUT2D eigenvalue weighted by molar-refractivity contribution is 0.231. The molecule has 0 amide bonds. The van der Waals surface area contributed by atoms with Crippen LogP contribution in [0, 0.1) is 6.92 Å². The third-order valence-electron chi connectivity index (χ3n) is 7.35. The van der Waals surface area contributed by atoms with Crippen molar-refractivity contribution in [3.05, 3.63) is 58.4 Å². The van der Waals surface area contributed by atoms with Gasteiger partial charge < -0.3 is 14.4 Å². The fraction of sp³-hybridized carbons (Fsp3) is 0.519. The summed E-state index contributed by atoms with van der Waals surface area (Å²) < 4.78 is 2.39. The van der Waals surface area contributed by atoms with E-state index >= 15 is 0 Å². The summed E-state index contributed by atoms with van der Waals surface area (Å²) >= 11 is 6.19. The van der Waals surface area contributed by atoms with Gasteiger partial charge in [0.2, 0.25) is 0 Å². The van der Waals surface area contributed by atoms with Crippen molar-refractivity contribution in [3.63, 3.8) is 0 Å². The average molecular weight is 451 g/mol. The van der Waals surface area contributed by atoms with Crippen LogP contribution in [0.1, 0.15) is 48.9 Å². The maximum absolute atomic E-state index is 6.19. The minimum absolute atomic E-state index is 0.776.